The number of nitrogens with two attached hydrogens (primary N) is 4. The van der Waals surface area contributed by atoms with Crippen molar-refractivity contribution in [1.82, 2.24) is 5.32 Å². The Morgan fingerprint density at radius 3 is 2.41 bits per heavy atom. The fraction of sp³-hybridized carbons (Fsp3) is 0.905. The van der Waals surface area contributed by atoms with E-state index in [1.807, 2.05) is 6.92 Å². The maximum absolute atomic E-state index is 11.6. The summed E-state index contributed by atoms with van der Waals surface area (Å²) in [5.41, 5.74) is 22.9. The van der Waals surface area contributed by atoms with Gasteiger partial charge in [-0.25, -0.2) is 0 Å². The van der Waals surface area contributed by atoms with Crippen LogP contribution < -0.4 is 28.3 Å². The third kappa shape index (κ3) is 7.80. The molecule has 0 aromatic carbocycles. The molecule has 34 heavy (non-hydrogen) atoms. The Hall–Kier alpha value is -1.42. The van der Waals surface area contributed by atoms with E-state index in [1.54, 1.807) is 0 Å². The summed E-state index contributed by atoms with van der Waals surface area (Å²) in [5, 5.41) is 33.5. The first-order valence-corrected chi connectivity index (χ1v) is 11.8. The van der Waals surface area contributed by atoms with E-state index in [4.69, 9.17) is 37.1 Å². The Kier molecular flexibility index (Phi) is 11.5. The molecule has 0 radical (unpaired) electrons. The number of nitrogens with one attached hydrogen (secondary N) is 1. The molecule has 0 bridgehead atoms. The van der Waals surface area contributed by atoms with Gasteiger partial charge in [-0.05, 0) is 25.2 Å². The monoisotopic (exact) mass is 491 g/mol. The van der Waals surface area contributed by atoms with E-state index >= 15 is 0 Å². The average Bonchev–Trinajstić information content (AvgIpc) is 2.79. The maximum atomic E-state index is 11.6. The predicted molar refractivity (Wildman–Crippen MR) is 121 cm³/mol. The SMILES string of the molecule is CC1CC(N)C(OC2OC(CN)C(O)C(O)C2N)C(OCCCCCC(=O)NCC(N)=O)C1O. The van der Waals surface area contributed by atoms with Gasteiger partial charge in [0.15, 0.2) is 6.29 Å². The van der Waals surface area contributed by atoms with Crippen LogP contribution in [0.5, 0.6) is 0 Å². The van der Waals surface area contributed by atoms with E-state index in [9.17, 15) is 24.9 Å². The van der Waals surface area contributed by atoms with Crippen molar-refractivity contribution in [3.05, 3.63) is 0 Å². The maximum Gasteiger partial charge on any atom is 0.236 e. The van der Waals surface area contributed by atoms with E-state index in [-0.39, 0.29) is 31.3 Å². The molecule has 2 amide bonds. The quantitative estimate of drug-likeness (QED) is 0.124. The lowest BCUT2D eigenvalue weighted by Crippen LogP contribution is -2.66. The molecule has 10 atom stereocenters. The lowest BCUT2D eigenvalue weighted by molar-refractivity contribution is -0.292. The van der Waals surface area contributed by atoms with Crippen LogP contribution in [0, 0.1) is 5.92 Å². The Labute approximate surface area is 199 Å². The zero-order chi connectivity index (χ0) is 25.4. The Morgan fingerprint density at radius 2 is 1.76 bits per heavy atom. The van der Waals surface area contributed by atoms with Crippen molar-refractivity contribution in [2.75, 3.05) is 19.7 Å². The molecule has 12 N–H and O–H groups in total. The number of ether oxygens (including phenoxy) is 3. The van der Waals surface area contributed by atoms with Gasteiger partial charge in [0, 0.05) is 25.6 Å². The van der Waals surface area contributed by atoms with Crippen LogP contribution in [-0.2, 0) is 23.8 Å². The van der Waals surface area contributed by atoms with E-state index in [0.29, 0.717) is 32.3 Å². The smallest absolute Gasteiger partial charge is 0.236 e. The second-order valence-corrected chi connectivity index (χ2v) is 9.19. The molecule has 2 aliphatic rings. The van der Waals surface area contributed by atoms with Gasteiger partial charge in [0.25, 0.3) is 0 Å². The number of hydrogen-bond donors (Lipinski definition) is 8. The molecule has 10 unspecified atom stereocenters. The summed E-state index contributed by atoms with van der Waals surface area (Å²) in [4.78, 5) is 22.3. The molecule has 13 nitrogen and oxygen atoms in total. The van der Waals surface area contributed by atoms with Crippen LogP contribution in [-0.4, -0.2) is 102 Å². The lowest BCUT2D eigenvalue weighted by Gasteiger charge is -2.47. The first-order chi connectivity index (χ1) is 16.1. The summed E-state index contributed by atoms with van der Waals surface area (Å²) >= 11 is 0. The lowest BCUT2D eigenvalue weighted by atomic mass is 9.80. The number of rotatable bonds is 12. The second kappa shape index (κ2) is 13.6. The summed E-state index contributed by atoms with van der Waals surface area (Å²) in [6, 6.07) is -1.52. The first kappa shape index (κ1) is 28.8. The highest BCUT2D eigenvalue weighted by Crippen LogP contribution is 2.31. The number of primary amides is 1. The Balaban J connectivity index is 1.89. The number of aliphatic hydroxyl groups excluding tert-OH is 3. The summed E-state index contributed by atoms with van der Waals surface area (Å²) in [7, 11) is 0. The minimum atomic E-state index is -1.30. The summed E-state index contributed by atoms with van der Waals surface area (Å²) in [5.74, 6) is -0.970. The van der Waals surface area contributed by atoms with Crippen molar-refractivity contribution < 1.29 is 39.1 Å². The van der Waals surface area contributed by atoms with Crippen molar-refractivity contribution >= 4 is 11.8 Å². The minimum Gasteiger partial charge on any atom is -0.390 e. The molecular weight excluding hydrogens is 450 g/mol. The molecule has 0 spiro atoms. The predicted octanol–water partition coefficient (Wildman–Crippen LogP) is -3.62. The summed E-state index contributed by atoms with van der Waals surface area (Å²) in [6.07, 6.45) is -4.17. The van der Waals surface area contributed by atoms with E-state index < -0.39 is 60.9 Å². The van der Waals surface area contributed by atoms with Gasteiger partial charge >= 0.3 is 0 Å². The average molecular weight is 492 g/mol. The van der Waals surface area contributed by atoms with Crippen LogP contribution in [0.25, 0.3) is 0 Å². The molecule has 198 valence electrons. The molecule has 1 aliphatic heterocycles. The molecule has 1 heterocycles. The highest BCUT2D eigenvalue weighted by molar-refractivity contribution is 5.83. The zero-order valence-electron chi connectivity index (χ0n) is 19.6. The van der Waals surface area contributed by atoms with Crippen LogP contribution in [0.2, 0.25) is 0 Å². The van der Waals surface area contributed by atoms with Gasteiger partial charge in [0.2, 0.25) is 11.8 Å². The summed E-state index contributed by atoms with van der Waals surface area (Å²) in [6.45, 7) is 1.95. The van der Waals surface area contributed by atoms with Gasteiger partial charge in [-0.15, -0.1) is 0 Å². The van der Waals surface area contributed by atoms with Gasteiger partial charge in [-0.2, -0.15) is 0 Å². The number of aliphatic hydroxyl groups is 3. The third-order valence-electron chi connectivity index (χ3n) is 6.40. The van der Waals surface area contributed by atoms with Gasteiger partial charge in [0.05, 0.1) is 18.7 Å². The molecule has 2 fully saturated rings. The van der Waals surface area contributed by atoms with Crippen LogP contribution in [0.15, 0.2) is 0 Å². The van der Waals surface area contributed by atoms with Crippen LogP contribution >= 0.6 is 0 Å². The van der Waals surface area contributed by atoms with Crippen LogP contribution in [0.4, 0.5) is 0 Å². The molecule has 0 aromatic rings. The van der Waals surface area contributed by atoms with Gasteiger partial charge in [-0.3, -0.25) is 9.59 Å². The molecule has 1 aliphatic carbocycles. The molecule has 0 aromatic heterocycles. The Bertz CT molecular complexity index is 657. The van der Waals surface area contributed by atoms with Crippen molar-refractivity contribution in [2.24, 2.45) is 28.9 Å². The standard InChI is InChI=1S/C21H41N5O8/c1-10-7-11(23)19(34-21-15(25)18(31)17(30)12(8-22)33-21)20(16(10)29)32-6-4-2-3-5-14(28)26-9-13(24)27/h10-12,15-21,29-31H,2-9,22-23,25H2,1H3,(H2,24,27)(H,26,28). The van der Waals surface area contributed by atoms with E-state index in [1.165, 1.54) is 0 Å². The molecule has 1 saturated heterocycles. The first-order valence-electron chi connectivity index (χ1n) is 11.8. The van der Waals surface area contributed by atoms with Crippen LogP contribution in [0.1, 0.15) is 39.0 Å². The third-order valence-corrected chi connectivity index (χ3v) is 6.40. The fourth-order valence-corrected chi connectivity index (χ4v) is 4.32. The van der Waals surface area contributed by atoms with E-state index in [2.05, 4.69) is 5.32 Å². The molecule has 13 heteroatoms. The van der Waals surface area contributed by atoms with Crippen molar-refractivity contribution in [3.8, 4) is 0 Å². The van der Waals surface area contributed by atoms with Gasteiger partial charge in [-0.1, -0.05) is 13.3 Å². The van der Waals surface area contributed by atoms with Crippen molar-refractivity contribution in [1.29, 1.82) is 0 Å². The van der Waals surface area contributed by atoms with Gasteiger partial charge < -0.3 is 57.8 Å². The molecule has 2 rings (SSSR count). The molecular formula is C21H41N5O8. The highest BCUT2D eigenvalue weighted by Gasteiger charge is 2.48. The van der Waals surface area contributed by atoms with E-state index in [0.717, 1.165) is 0 Å². The largest absolute Gasteiger partial charge is 0.390 e. The number of carbonyl (C=O) groups excluding carboxylic acids is 2. The topological polar surface area (TPSA) is 239 Å². The fourth-order valence-electron chi connectivity index (χ4n) is 4.32. The Morgan fingerprint density at radius 1 is 1.06 bits per heavy atom. The number of unbranched alkanes of at least 4 members (excludes halogenated alkanes) is 2. The summed E-state index contributed by atoms with van der Waals surface area (Å²) < 4.78 is 17.6. The minimum absolute atomic E-state index is 0.0400. The van der Waals surface area contributed by atoms with Crippen molar-refractivity contribution in [3.63, 3.8) is 0 Å². The highest BCUT2D eigenvalue weighted by atomic mass is 16.7. The molecule has 1 saturated carbocycles. The number of carbonyl (C=O) groups is 2. The second-order valence-electron chi connectivity index (χ2n) is 9.19. The number of amides is 2. The zero-order valence-corrected chi connectivity index (χ0v) is 19.6. The number of hydrogen-bond acceptors (Lipinski definition) is 11. The normalized spacial score (nSPS) is 38.4. The van der Waals surface area contributed by atoms with Gasteiger partial charge in [0.1, 0.15) is 30.5 Å². The van der Waals surface area contributed by atoms with Crippen molar-refractivity contribution in [2.45, 2.75) is 94.0 Å². The van der Waals surface area contributed by atoms with Crippen LogP contribution in [0.3, 0.4) is 0 Å².